The number of urea groups is 1. The van der Waals surface area contributed by atoms with Crippen LogP contribution in [0.5, 0.6) is 0 Å². The molecule has 47 heavy (non-hydrogen) atoms. The Balaban J connectivity index is 0.000000403. The van der Waals surface area contributed by atoms with Gasteiger partial charge in [0, 0.05) is 16.8 Å². The van der Waals surface area contributed by atoms with Crippen molar-refractivity contribution in [2.75, 3.05) is 18.5 Å². The molecule has 256 valence electrons. The number of anilines is 1. The topological polar surface area (TPSA) is 179 Å². The molecule has 0 saturated carbocycles. The first-order chi connectivity index (χ1) is 22.0. The van der Waals surface area contributed by atoms with Crippen molar-refractivity contribution in [2.24, 2.45) is 15.5 Å². The van der Waals surface area contributed by atoms with Gasteiger partial charge in [-0.3, -0.25) is 0 Å². The lowest BCUT2D eigenvalue weighted by Gasteiger charge is -2.20. The number of nitrogens with zero attached hydrogens (tertiary/aromatic N) is 2. The maximum atomic E-state index is 12.8. The molecule has 14 heteroatoms. The van der Waals surface area contributed by atoms with Crippen LogP contribution in [-0.2, 0) is 29.7 Å². The second-order valence-corrected chi connectivity index (χ2v) is 14.2. The van der Waals surface area contributed by atoms with Gasteiger partial charge in [0.1, 0.15) is 13.2 Å². The van der Waals surface area contributed by atoms with E-state index in [1.165, 1.54) is 24.3 Å². The minimum Gasteiger partial charge on any atom is -0.396 e. The van der Waals surface area contributed by atoms with Gasteiger partial charge in [0.05, 0.1) is 21.2 Å². The fourth-order valence-electron chi connectivity index (χ4n) is 4.23. The van der Waals surface area contributed by atoms with Crippen LogP contribution in [0.4, 0.5) is 10.5 Å². The van der Waals surface area contributed by atoms with Gasteiger partial charge in [-0.15, -0.1) is 0 Å². The quantitative estimate of drug-likeness (QED) is 0.148. The summed E-state index contributed by atoms with van der Waals surface area (Å²) in [6.45, 7) is 16.1. The SMILES string of the molecule is CCON=C(C)c1cccc(S(=O)(=O)NC(=O)Nc2c(C(C)C)cccc2C(C)C)c1.CCON=C(C)c1cccc(S(N)(=O)=O)c1. The molecular weight excluding hydrogens is 643 g/mol. The molecule has 0 aliphatic carbocycles. The lowest BCUT2D eigenvalue weighted by Crippen LogP contribution is -2.35. The minimum absolute atomic E-state index is 0.0348. The summed E-state index contributed by atoms with van der Waals surface area (Å²) in [7, 11) is -7.76. The van der Waals surface area contributed by atoms with E-state index in [9.17, 15) is 21.6 Å². The van der Waals surface area contributed by atoms with Gasteiger partial charge in [-0.1, -0.05) is 80.5 Å². The predicted octanol–water partition coefficient (Wildman–Crippen LogP) is 6.30. The summed E-state index contributed by atoms with van der Waals surface area (Å²) in [5.74, 6) is 0.324. The lowest BCUT2D eigenvalue weighted by atomic mass is 9.93. The van der Waals surface area contributed by atoms with Crippen molar-refractivity contribution < 1.29 is 31.3 Å². The van der Waals surface area contributed by atoms with Gasteiger partial charge in [0.25, 0.3) is 10.0 Å². The Kier molecular flexibility index (Phi) is 14.6. The first-order valence-corrected chi connectivity index (χ1v) is 18.1. The van der Waals surface area contributed by atoms with Gasteiger partial charge in [-0.05, 0) is 74.9 Å². The number of para-hydroxylation sites is 1. The molecule has 3 aromatic rings. The van der Waals surface area contributed by atoms with E-state index < -0.39 is 26.1 Å². The second-order valence-electron chi connectivity index (χ2n) is 11.0. The molecule has 0 saturated heterocycles. The van der Waals surface area contributed by atoms with Gasteiger partial charge in [-0.2, -0.15) is 0 Å². The summed E-state index contributed by atoms with van der Waals surface area (Å²) >= 11 is 0. The molecule has 0 unspecified atom stereocenters. The molecule has 0 fully saturated rings. The molecule has 4 N–H and O–H groups in total. The molecule has 0 radical (unpaired) electrons. The Hall–Kier alpha value is -4.27. The van der Waals surface area contributed by atoms with Crippen molar-refractivity contribution in [1.82, 2.24) is 4.72 Å². The molecule has 0 aliphatic rings. The van der Waals surface area contributed by atoms with Crippen LogP contribution in [-0.4, -0.2) is 47.5 Å². The summed E-state index contributed by atoms with van der Waals surface area (Å²) in [6, 6.07) is 17.5. The normalized spacial score (nSPS) is 12.3. The van der Waals surface area contributed by atoms with Crippen molar-refractivity contribution in [3.63, 3.8) is 0 Å². The molecule has 0 aromatic heterocycles. The zero-order valence-electron chi connectivity index (χ0n) is 28.1. The molecule has 0 heterocycles. The number of primary sulfonamides is 1. The first kappa shape index (κ1) is 38.9. The number of benzene rings is 3. The van der Waals surface area contributed by atoms with Crippen molar-refractivity contribution in [2.45, 2.75) is 77.0 Å². The number of carbonyl (C=O) groups excluding carboxylic acids is 1. The molecule has 3 rings (SSSR count). The maximum Gasteiger partial charge on any atom is 0.333 e. The van der Waals surface area contributed by atoms with Gasteiger partial charge < -0.3 is 15.0 Å². The first-order valence-electron chi connectivity index (χ1n) is 15.0. The van der Waals surface area contributed by atoms with Crippen LogP contribution in [0, 0.1) is 0 Å². The third kappa shape index (κ3) is 11.8. The van der Waals surface area contributed by atoms with E-state index in [1.54, 1.807) is 38.1 Å². The van der Waals surface area contributed by atoms with E-state index in [-0.39, 0.29) is 21.6 Å². The van der Waals surface area contributed by atoms with Crippen LogP contribution in [0.3, 0.4) is 0 Å². The number of rotatable bonds is 12. The van der Waals surface area contributed by atoms with Crippen LogP contribution in [0.25, 0.3) is 0 Å². The van der Waals surface area contributed by atoms with E-state index in [1.807, 2.05) is 59.7 Å². The van der Waals surface area contributed by atoms with E-state index in [4.69, 9.17) is 14.8 Å². The van der Waals surface area contributed by atoms with E-state index in [0.717, 1.165) is 11.1 Å². The third-order valence-electron chi connectivity index (χ3n) is 6.64. The monoisotopic (exact) mass is 687 g/mol. The number of oxime groups is 2. The number of carbonyl (C=O) groups is 1. The Morgan fingerprint density at radius 3 is 1.60 bits per heavy atom. The third-order valence-corrected chi connectivity index (χ3v) is 8.88. The highest BCUT2D eigenvalue weighted by atomic mass is 32.2. The maximum absolute atomic E-state index is 12.8. The number of nitrogens with one attached hydrogen (secondary N) is 2. The van der Waals surface area contributed by atoms with Gasteiger partial charge in [-0.25, -0.2) is 31.5 Å². The highest BCUT2D eigenvalue weighted by Gasteiger charge is 2.21. The van der Waals surface area contributed by atoms with Crippen LogP contribution >= 0.6 is 0 Å². The molecule has 0 aliphatic heterocycles. The largest absolute Gasteiger partial charge is 0.396 e. The summed E-state index contributed by atoms with van der Waals surface area (Å²) in [4.78, 5) is 22.6. The fraction of sp³-hybridized carbons (Fsp3) is 0.364. The zero-order chi connectivity index (χ0) is 35.4. The van der Waals surface area contributed by atoms with Crippen molar-refractivity contribution in [3.05, 3.63) is 89.0 Å². The van der Waals surface area contributed by atoms with Crippen LogP contribution in [0.15, 0.2) is 86.8 Å². The van der Waals surface area contributed by atoms with Gasteiger partial charge >= 0.3 is 6.03 Å². The van der Waals surface area contributed by atoms with Crippen molar-refractivity contribution in [1.29, 1.82) is 0 Å². The summed E-state index contributed by atoms with van der Waals surface area (Å²) in [5.41, 5.74) is 4.94. The van der Waals surface area contributed by atoms with E-state index in [2.05, 4.69) is 20.4 Å². The van der Waals surface area contributed by atoms with Crippen molar-refractivity contribution in [3.8, 4) is 0 Å². The number of hydrogen-bond acceptors (Lipinski definition) is 9. The Morgan fingerprint density at radius 1 is 0.745 bits per heavy atom. The summed E-state index contributed by atoms with van der Waals surface area (Å²) in [6.07, 6.45) is 0. The number of hydrogen-bond donors (Lipinski definition) is 3. The smallest absolute Gasteiger partial charge is 0.333 e. The molecule has 12 nitrogen and oxygen atoms in total. The fourth-order valence-corrected chi connectivity index (χ4v) is 5.74. The highest BCUT2D eigenvalue weighted by molar-refractivity contribution is 7.90. The number of amides is 2. The molecule has 2 amide bonds. The number of sulfonamides is 2. The van der Waals surface area contributed by atoms with Crippen LogP contribution < -0.4 is 15.2 Å². The summed E-state index contributed by atoms with van der Waals surface area (Å²) in [5, 5.41) is 15.5. The van der Waals surface area contributed by atoms with Crippen LogP contribution in [0.2, 0.25) is 0 Å². The van der Waals surface area contributed by atoms with Gasteiger partial charge in [0.15, 0.2) is 0 Å². The predicted molar refractivity (Wildman–Crippen MR) is 186 cm³/mol. The van der Waals surface area contributed by atoms with E-state index in [0.29, 0.717) is 41.5 Å². The Morgan fingerprint density at radius 2 is 1.17 bits per heavy atom. The van der Waals surface area contributed by atoms with Crippen LogP contribution in [0.1, 0.15) is 89.5 Å². The minimum atomic E-state index is -4.08. The lowest BCUT2D eigenvalue weighted by molar-refractivity contribution is 0.159. The van der Waals surface area contributed by atoms with E-state index >= 15 is 0 Å². The average molecular weight is 688 g/mol. The molecule has 0 spiro atoms. The molecule has 0 atom stereocenters. The molecular formula is C33H45N5O7S2. The highest BCUT2D eigenvalue weighted by Crippen LogP contribution is 2.32. The molecule has 3 aromatic carbocycles. The Bertz CT molecular complexity index is 1780. The average Bonchev–Trinajstić information content (AvgIpc) is 3.02. The number of nitrogens with two attached hydrogens (primary N) is 1. The second kappa shape index (κ2) is 17.6. The summed E-state index contributed by atoms with van der Waals surface area (Å²) < 4.78 is 50.0. The zero-order valence-corrected chi connectivity index (χ0v) is 29.7. The standard InChI is InChI=1S/C23H31N3O4S.C10H14N2O3S/c1-7-30-25-17(6)18-10-8-11-19(14-18)31(28,29)26-23(27)24-22-20(15(2)3)12-9-13-21(22)16(4)5;1-3-15-12-8(2)9-5-4-6-10(7-9)16(11,13)14/h8-16H,7H2,1-6H3,(H2,24,26,27);4-7H,3H2,1-2H3,(H2,11,13,14). The van der Waals surface area contributed by atoms with Gasteiger partial charge in [0.2, 0.25) is 10.0 Å². The Labute approximate surface area is 278 Å². The van der Waals surface area contributed by atoms with Crippen molar-refractivity contribution >= 4 is 43.2 Å². The molecule has 0 bridgehead atoms.